The van der Waals surface area contributed by atoms with Crippen LogP contribution in [0.5, 0.6) is 0 Å². The minimum atomic E-state index is -1.41. The number of fused-ring (bicyclic) bond motifs is 1. The predicted molar refractivity (Wildman–Crippen MR) is 73.0 cm³/mol. The molecule has 0 radical (unpaired) electrons. The molecule has 0 heterocycles. The summed E-state index contributed by atoms with van der Waals surface area (Å²) in [6.45, 7) is -1.28. The average molecular weight is 303 g/mol. The minimum Gasteiger partial charge on any atom is -0.479 e. The van der Waals surface area contributed by atoms with Crippen molar-refractivity contribution >= 4 is 46.2 Å². The monoisotopic (exact) mass is 302 g/mol. The van der Waals surface area contributed by atoms with Gasteiger partial charge in [0.2, 0.25) is 0 Å². The normalized spacial score (nSPS) is 9.63. The molecule has 2 aromatic rings. The minimum absolute atomic E-state index is 0.392. The molecule has 0 aliphatic heterocycles. The lowest BCUT2D eigenvalue weighted by Crippen LogP contribution is -1.93. The van der Waals surface area contributed by atoms with Gasteiger partial charge in [0.05, 0.1) is 5.02 Å². The second kappa shape index (κ2) is 7.07. The van der Waals surface area contributed by atoms with Crippen LogP contribution in [0.3, 0.4) is 0 Å². The van der Waals surface area contributed by atoms with Crippen molar-refractivity contribution in [2.75, 3.05) is 6.67 Å². The Kier molecular flexibility index (Phi) is 5.73. The topological polar surface area (TPSA) is 54.4 Å². The maximum Gasteiger partial charge on any atom is 0.335 e. The molecule has 0 saturated heterocycles. The highest BCUT2D eigenvalue weighted by Gasteiger charge is 2.08. The van der Waals surface area contributed by atoms with Crippen LogP contribution in [0.2, 0.25) is 10.0 Å². The summed E-state index contributed by atoms with van der Waals surface area (Å²) in [7, 11) is 0. The summed E-state index contributed by atoms with van der Waals surface area (Å²) >= 11 is 11.9. The van der Waals surface area contributed by atoms with E-state index in [0.29, 0.717) is 15.6 Å². The second-order valence-corrected chi connectivity index (χ2v) is 4.26. The van der Waals surface area contributed by atoms with E-state index in [9.17, 15) is 9.18 Å². The molecule has 0 unspecified atom stereocenters. The van der Waals surface area contributed by atoms with Crippen molar-refractivity contribution in [3.8, 4) is 0 Å². The second-order valence-electron chi connectivity index (χ2n) is 3.44. The van der Waals surface area contributed by atoms with Crippen molar-refractivity contribution in [1.82, 2.24) is 0 Å². The van der Waals surface area contributed by atoms with E-state index < -0.39 is 12.6 Å². The van der Waals surface area contributed by atoms with Gasteiger partial charge in [-0.1, -0.05) is 47.5 Å². The number of hydrogen-bond acceptors (Lipinski definition) is 2. The fourth-order valence-electron chi connectivity index (χ4n) is 1.44. The fourth-order valence-corrected chi connectivity index (χ4v) is 2.03. The third-order valence-electron chi connectivity index (χ3n) is 2.22. The molecule has 0 fully saturated rings. The molecule has 0 aliphatic rings. The molecule has 100 valence electrons. The smallest absolute Gasteiger partial charge is 0.335 e. The van der Waals surface area contributed by atoms with Gasteiger partial charge in [0.15, 0.2) is 13.0 Å². The van der Waals surface area contributed by atoms with E-state index in [1.807, 2.05) is 24.3 Å². The van der Waals surface area contributed by atoms with Crippen LogP contribution in [0.25, 0.3) is 10.8 Å². The van der Waals surface area contributed by atoms with Gasteiger partial charge in [0.1, 0.15) is 0 Å². The summed E-state index contributed by atoms with van der Waals surface area (Å²) in [6.07, 6.45) is 0.751. The molecule has 0 spiro atoms. The van der Waals surface area contributed by atoms with Gasteiger partial charge in [-0.2, -0.15) is 0 Å². The van der Waals surface area contributed by atoms with Crippen LogP contribution in [0, 0.1) is 0 Å². The number of carboxylic acids is 1. The van der Waals surface area contributed by atoms with Gasteiger partial charge in [-0.15, -0.1) is 0 Å². The zero-order valence-corrected chi connectivity index (χ0v) is 11.1. The summed E-state index contributed by atoms with van der Waals surface area (Å²) in [4.78, 5) is 19.8. The molecular formula is C13H9Cl2FO3. The Morgan fingerprint density at radius 1 is 1.21 bits per heavy atom. The lowest BCUT2D eigenvalue weighted by atomic mass is 10.1. The Balaban J connectivity index is 0.000000312. The molecule has 0 atom stereocenters. The Labute approximate surface area is 118 Å². The van der Waals surface area contributed by atoms with E-state index >= 15 is 0 Å². The molecule has 0 aromatic heterocycles. The summed E-state index contributed by atoms with van der Waals surface area (Å²) in [5.41, 5.74) is 0.492. The molecule has 0 bridgehead atoms. The Morgan fingerprint density at radius 2 is 1.74 bits per heavy atom. The summed E-state index contributed by atoms with van der Waals surface area (Å²) < 4.78 is 10.5. The number of benzene rings is 2. The van der Waals surface area contributed by atoms with Gasteiger partial charge >= 0.3 is 5.97 Å². The summed E-state index contributed by atoms with van der Waals surface area (Å²) in [6, 6.07) is 9.01. The fraction of sp³-hybridized carbons (Fsp3) is 0.0769. The number of aliphatic carboxylic acids is 1. The molecule has 1 N–H and O–H groups in total. The summed E-state index contributed by atoms with van der Waals surface area (Å²) in [5, 5.41) is 9.94. The average Bonchev–Trinajstić information content (AvgIpc) is 2.40. The largest absolute Gasteiger partial charge is 0.479 e. The number of alkyl halides is 1. The molecule has 19 heavy (non-hydrogen) atoms. The first-order valence-corrected chi connectivity index (χ1v) is 5.86. The SMILES string of the molecule is O=C(O)CF.O=Cc1c(Cl)cc(Cl)c2ccccc12. The number of carbonyl (C=O) groups excluding carboxylic acids is 1. The van der Waals surface area contributed by atoms with E-state index in [1.165, 1.54) is 0 Å². The van der Waals surface area contributed by atoms with E-state index in [4.69, 9.17) is 33.1 Å². The summed E-state index contributed by atoms with van der Waals surface area (Å²) in [5.74, 6) is -1.41. The van der Waals surface area contributed by atoms with Crippen LogP contribution in [-0.2, 0) is 4.79 Å². The van der Waals surface area contributed by atoms with Gasteiger partial charge in [-0.05, 0) is 11.5 Å². The lowest BCUT2D eigenvalue weighted by Gasteiger charge is -2.04. The molecule has 0 amide bonds. The Hall–Kier alpha value is -1.65. The standard InChI is InChI=1S/C11H6Cl2O.C2H3FO2/c12-10-5-11(13)9(6-14)7-3-1-2-4-8(7)10;3-1-2(4)5/h1-6H;1H2,(H,4,5). The van der Waals surface area contributed by atoms with Gasteiger partial charge in [0.25, 0.3) is 0 Å². The Morgan fingerprint density at radius 3 is 2.21 bits per heavy atom. The lowest BCUT2D eigenvalue weighted by molar-refractivity contribution is -0.137. The van der Waals surface area contributed by atoms with Crippen molar-refractivity contribution < 1.29 is 19.1 Å². The highest BCUT2D eigenvalue weighted by Crippen LogP contribution is 2.31. The zero-order valence-electron chi connectivity index (χ0n) is 9.57. The van der Waals surface area contributed by atoms with Crippen molar-refractivity contribution in [1.29, 1.82) is 0 Å². The van der Waals surface area contributed by atoms with Gasteiger partial charge in [0, 0.05) is 16.0 Å². The number of carboxylic acid groups (broad SMARTS) is 1. The van der Waals surface area contributed by atoms with Crippen LogP contribution in [-0.4, -0.2) is 24.0 Å². The van der Waals surface area contributed by atoms with Gasteiger partial charge in [-0.3, -0.25) is 4.79 Å². The molecular weight excluding hydrogens is 294 g/mol. The quantitative estimate of drug-likeness (QED) is 0.853. The number of hydrogen-bond donors (Lipinski definition) is 1. The van der Waals surface area contributed by atoms with E-state index in [-0.39, 0.29) is 0 Å². The van der Waals surface area contributed by atoms with Crippen molar-refractivity contribution in [2.24, 2.45) is 0 Å². The van der Waals surface area contributed by atoms with Gasteiger partial charge < -0.3 is 5.11 Å². The van der Waals surface area contributed by atoms with Crippen LogP contribution >= 0.6 is 23.2 Å². The number of halogens is 3. The molecule has 6 heteroatoms. The predicted octanol–water partition coefficient (Wildman–Crippen LogP) is 4.00. The third kappa shape index (κ3) is 3.91. The first-order valence-electron chi connectivity index (χ1n) is 5.11. The molecule has 0 aliphatic carbocycles. The molecule has 3 nitrogen and oxygen atoms in total. The first-order chi connectivity index (χ1) is 9.01. The number of aldehydes is 1. The molecule has 2 rings (SSSR count). The van der Waals surface area contributed by atoms with Crippen molar-refractivity contribution in [3.05, 3.63) is 45.9 Å². The highest BCUT2D eigenvalue weighted by atomic mass is 35.5. The van der Waals surface area contributed by atoms with Crippen molar-refractivity contribution in [2.45, 2.75) is 0 Å². The van der Waals surface area contributed by atoms with Crippen molar-refractivity contribution in [3.63, 3.8) is 0 Å². The molecule has 0 saturated carbocycles. The molecule has 2 aromatic carbocycles. The number of rotatable bonds is 2. The third-order valence-corrected chi connectivity index (χ3v) is 2.84. The van der Waals surface area contributed by atoms with Crippen LogP contribution in [0.4, 0.5) is 4.39 Å². The first kappa shape index (κ1) is 15.4. The zero-order chi connectivity index (χ0) is 14.4. The maximum absolute atomic E-state index is 10.8. The van der Waals surface area contributed by atoms with Gasteiger partial charge in [-0.25, -0.2) is 9.18 Å². The van der Waals surface area contributed by atoms with Crippen LogP contribution in [0.1, 0.15) is 10.4 Å². The highest BCUT2D eigenvalue weighted by molar-refractivity contribution is 6.40. The van der Waals surface area contributed by atoms with E-state index in [0.717, 1.165) is 17.1 Å². The Bertz CT molecular complexity index is 614. The maximum atomic E-state index is 10.8. The van der Waals surface area contributed by atoms with E-state index in [1.54, 1.807) is 6.07 Å². The van der Waals surface area contributed by atoms with E-state index in [2.05, 4.69) is 0 Å². The number of carbonyl (C=O) groups is 2. The van der Waals surface area contributed by atoms with Crippen LogP contribution in [0.15, 0.2) is 30.3 Å². The van der Waals surface area contributed by atoms with Crippen LogP contribution < -0.4 is 0 Å².